The van der Waals surface area contributed by atoms with Crippen molar-refractivity contribution in [3.8, 4) is 0 Å². The summed E-state index contributed by atoms with van der Waals surface area (Å²) in [4.78, 5) is 21.7. The molecule has 2 aromatic rings. The van der Waals surface area contributed by atoms with E-state index in [2.05, 4.69) is 9.97 Å². The van der Waals surface area contributed by atoms with Crippen molar-refractivity contribution in [1.29, 1.82) is 0 Å². The number of carbonyl (C=O) groups is 1. The molecule has 92 valence electrons. The van der Waals surface area contributed by atoms with Gasteiger partial charge in [-0.3, -0.25) is 9.78 Å². The Balaban J connectivity index is 2.10. The van der Waals surface area contributed by atoms with Gasteiger partial charge in [0.25, 0.3) is 5.91 Å². The van der Waals surface area contributed by atoms with Crippen LogP contribution < -0.4 is 0 Å². The average molecular weight is 262 g/mol. The molecule has 0 saturated carbocycles. The van der Waals surface area contributed by atoms with Crippen molar-refractivity contribution in [1.82, 2.24) is 14.9 Å². The summed E-state index contributed by atoms with van der Waals surface area (Å²) < 4.78 is 0. The van der Waals surface area contributed by atoms with E-state index >= 15 is 0 Å². The van der Waals surface area contributed by atoms with Crippen LogP contribution in [0.5, 0.6) is 0 Å². The van der Waals surface area contributed by atoms with Gasteiger partial charge in [-0.2, -0.15) is 0 Å². The zero-order valence-corrected chi connectivity index (χ0v) is 10.6. The summed E-state index contributed by atoms with van der Waals surface area (Å²) in [5.41, 5.74) is 1.31. The molecule has 0 saturated heterocycles. The van der Waals surface area contributed by atoms with E-state index in [-0.39, 0.29) is 5.91 Å². The van der Waals surface area contributed by atoms with Crippen molar-refractivity contribution in [2.75, 3.05) is 7.05 Å². The average Bonchev–Trinajstić information content (AvgIpc) is 2.39. The van der Waals surface area contributed by atoms with Crippen LogP contribution in [0.1, 0.15) is 16.1 Å². The van der Waals surface area contributed by atoms with E-state index in [0.29, 0.717) is 17.4 Å². The molecule has 2 heterocycles. The summed E-state index contributed by atoms with van der Waals surface area (Å²) in [5, 5.41) is 0.315. The Bertz CT molecular complexity index is 545. The first-order valence-corrected chi connectivity index (χ1v) is 5.81. The van der Waals surface area contributed by atoms with Gasteiger partial charge in [-0.05, 0) is 23.8 Å². The van der Waals surface area contributed by atoms with Crippen molar-refractivity contribution < 1.29 is 4.79 Å². The summed E-state index contributed by atoms with van der Waals surface area (Å²) >= 11 is 5.76. The van der Waals surface area contributed by atoms with E-state index in [1.54, 1.807) is 42.5 Å². The SMILES string of the molecule is CN(Cc1cccnc1)C(=O)c1cccc(Cl)n1. The minimum absolute atomic E-state index is 0.165. The molecule has 2 rings (SSSR count). The van der Waals surface area contributed by atoms with Crippen LogP contribution >= 0.6 is 11.6 Å². The standard InChI is InChI=1S/C13H12ClN3O/c1-17(9-10-4-3-7-15-8-10)13(18)11-5-2-6-12(14)16-11/h2-8H,9H2,1H3. The van der Waals surface area contributed by atoms with E-state index in [0.717, 1.165) is 5.56 Å². The van der Waals surface area contributed by atoms with Gasteiger partial charge in [0.05, 0.1) is 0 Å². The smallest absolute Gasteiger partial charge is 0.272 e. The van der Waals surface area contributed by atoms with Gasteiger partial charge in [-0.25, -0.2) is 4.98 Å². The minimum atomic E-state index is -0.165. The van der Waals surface area contributed by atoms with Crippen molar-refractivity contribution >= 4 is 17.5 Å². The molecule has 0 bridgehead atoms. The van der Waals surface area contributed by atoms with Gasteiger partial charge in [0.2, 0.25) is 0 Å². The van der Waals surface area contributed by atoms with Crippen molar-refractivity contribution in [3.63, 3.8) is 0 Å². The van der Waals surface area contributed by atoms with Crippen LogP contribution in [-0.4, -0.2) is 27.8 Å². The monoisotopic (exact) mass is 261 g/mol. The molecule has 0 aliphatic rings. The highest BCUT2D eigenvalue weighted by Gasteiger charge is 2.13. The Kier molecular flexibility index (Phi) is 3.89. The zero-order valence-electron chi connectivity index (χ0n) is 9.88. The number of pyridine rings is 2. The van der Waals surface area contributed by atoms with Gasteiger partial charge < -0.3 is 4.90 Å². The summed E-state index contributed by atoms with van der Waals surface area (Å²) in [6.45, 7) is 0.487. The van der Waals surface area contributed by atoms with Gasteiger partial charge in [-0.15, -0.1) is 0 Å². The third-order valence-corrected chi connectivity index (χ3v) is 2.63. The minimum Gasteiger partial charge on any atom is -0.336 e. The summed E-state index contributed by atoms with van der Waals surface area (Å²) in [6.07, 6.45) is 3.43. The maximum Gasteiger partial charge on any atom is 0.272 e. The number of rotatable bonds is 3. The molecule has 0 spiro atoms. The third kappa shape index (κ3) is 3.05. The summed E-state index contributed by atoms with van der Waals surface area (Å²) in [6, 6.07) is 8.75. The molecule has 0 aromatic carbocycles. The number of nitrogens with zero attached hydrogens (tertiary/aromatic N) is 3. The Labute approximate surface area is 110 Å². The first-order valence-electron chi connectivity index (χ1n) is 5.44. The largest absolute Gasteiger partial charge is 0.336 e. The van der Waals surface area contributed by atoms with Crippen molar-refractivity contribution in [3.05, 3.63) is 59.1 Å². The van der Waals surface area contributed by atoms with Gasteiger partial charge in [0.15, 0.2) is 0 Å². The zero-order chi connectivity index (χ0) is 13.0. The number of hydrogen-bond donors (Lipinski definition) is 0. The predicted molar refractivity (Wildman–Crippen MR) is 69.3 cm³/mol. The highest BCUT2D eigenvalue weighted by molar-refractivity contribution is 6.29. The molecule has 0 aliphatic carbocycles. The molecule has 0 unspecified atom stereocenters. The number of halogens is 1. The van der Waals surface area contributed by atoms with E-state index in [1.165, 1.54) is 0 Å². The number of amides is 1. The van der Waals surface area contributed by atoms with Gasteiger partial charge in [0, 0.05) is 26.0 Å². The second-order valence-corrected chi connectivity index (χ2v) is 4.26. The molecule has 4 nitrogen and oxygen atoms in total. The van der Waals surface area contributed by atoms with Gasteiger partial charge in [-0.1, -0.05) is 23.7 Å². The normalized spacial score (nSPS) is 10.1. The third-order valence-electron chi connectivity index (χ3n) is 2.42. The van der Waals surface area contributed by atoms with Crippen LogP contribution in [0.15, 0.2) is 42.7 Å². The lowest BCUT2D eigenvalue weighted by molar-refractivity contribution is 0.0779. The van der Waals surface area contributed by atoms with Crippen molar-refractivity contribution in [2.24, 2.45) is 0 Å². The van der Waals surface area contributed by atoms with Gasteiger partial charge >= 0.3 is 0 Å². The topological polar surface area (TPSA) is 46.1 Å². The second kappa shape index (κ2) is 5.60. The quantitative estimate of drug-likeness (QED) is 0.797. The highest BCUT2D eigenvalue weighted by atomic mass is 35.5. The molecule has 0 fully saturated rings. The van der Waals surface area contributed by atoms with Crippen LogP contribution in [0.25, 0.3) is 0 Å². The molecule has 1 amide bonds. The fourth-order valence-electron chi connectivity index (χ4n) is 1.56. The van der Waals surface area contributed by atoms with Crippen LogP contribution in [0.4, 0.5) is 0 Å². The van der Waals surface area contributed by atoms with E-state index in [4.69, 9.17) is 11.6 Å². The first kappa shape index (κ1) is 12.5. The highest BCUT2D eigenvalue weighted by Crippen LogP contribution is 2.09. The second-order valence-electron chi connectivity index (χ2n) is 3.87. The predicted octanol–water partition coefficient (Wildman–Crippen LogP) is 2.40. The van der Waals surface area contributed by atoms with Gasteiger partial charge in [0.1, 0.15) is 10.8 Å². The lowest BCUT2D eigenvalue weighted by Crippen LogP contribution is -2.27. The molecule has 0 N–H and O–H groups in total. The number of aromatic nitrogens is 2. The Morgan fingerprint density at radius 3 is 2.83 bits per heavy atom. The first-order chi connectivity index (χ1) is 8.66. The van der Waals surface area contributed by atoms with Crippen LogP contribution in [0.2, 0.25) is 5.15 Å². The van der Waals surface area contributed by atoms with Crippen molar-refractivity contribution in [2.45, 2.75) is 6.54 Å². The fourth-order valence-corrected chi connectivity index (χ4v) is 1.72. The van der Waals surface area contributed by atoms with Crippen LogP contribution in [-0.2, 0) is 6.54 Å². The fraction of sp³-hybridized carbons (Fsp3) is 0.154. The van der Waals surface area contributed by atoms with E-state index < -0.39 is 0 Å². The van der Waals surface area contributed by atoms with Crippen LogP contribution in [0, 0.1) is 0 Å². The molecular formula is C13H12ClN3O. The molecule has 0 radical (unpaired) electrons. The summed E-state index contributed by atoms with van der Waals surface area (Å²) in [7, 11) is 1.72. The van der Waals surface area contributed by atoms with E-state index in [9.17, 15) is 4.79 Å². The van der Waals surface area contributed by atoms with Crippen LogP contribution in [0.3, 0.4) is 0 Å². The molecule has 0 atom stereocenters. The molecular weight excluding hydrogens is 250 g/mol. The molecule has 18 heavy (non-hydrogen) atoms. The number of hydrogen-bond acceptors (Lipinski definition) is 3. The maximum absolute atomic E-state index is 12.1. The summed E-state index contributed by atoms with van der Waals surface area (Å²) in [5.74, 6) is -0.165. The lowest BCUT2D eigenvalue weighted by Gasteiger charge is -2.16. The lowest BCUT2D eigenvalue weighted by atomic mass is 10.2. The Morgan fingerprint density at radius 1 is 1.33 bits per heavy atom. The maximum atomic E-state index is 12.1. The number of carbonyl (C=O) groups excluding carboxylic acids is 1. The Hall–Kier alpha value is -1.94. The molecule has 2 aromatic heterocycles. The Morgan fingerprint density at radius 2 is 2.17 bits per heavy atom. The van der Waals surface area contributed by atoms with E-state index in [1.807, 2.05) is 12.1 Å². The molecule has 0 aliphatic heterocycles. The molecule has 5 heteroatoms.